The fourth-order valence-electron chi connectivity index (χ4n) is 12.1. The van der Waals surface area contributed by atoms with Crippen molar-refractivity contribution in [3.63, 3.8) is 0 Å². The largest absolute Gasteiger partial charge is 0.506 e. The number of halogens is 8. The smallest absolute Gasteiger partial charge is 0.338 e. The first-order chi connectivity index (χ1) is 64.4. The second-order valence-corrected chi connectivity index (χ2v) is 31.1. The van der Waals surface area contributed by atoms with E-state index in [-0.39, 0.29) is 63.0 Å². The minimum atomic E-state index is -3.48. The van der Waals surface area contributed by atoms with Gasteiger partial charge in [0.05, 0.1) is 73.6 Å². The van der Waals surface area contributed by atoms with E-state index in [9.17, 15) is 68.0 Å². The maximum Gasteiger partial charge on any atom is 0.338 e. The number of hydrogen-bond donors (Lipinski definition) is 9. The fourth-order valence-corrected chi connectivity index (χ4v) is 13.2. The Morgan fingerprint density at radius 1 is 0.496 bits per heavy atom. The van der Waals surface area contributed by atoms with Crippen LogP contribution in [0.5, 0.6) is 11.5 Å². The number of rotatable bonds is 16. The summed E-state index contributed by atoms with van der Waals surface area (Å²) < 4.78 is 171. The topological polar surface area (TPSA) is 494 Å². The van der Waals surface area contributed by atoms with Crippen molar-refractivity contribution in [2.24, 2.45) is 21.1 Å². The third-order valence-electron chi connectivity index (χ3n) is 18.6. The Morgan fingerprint density at radius 3 is 1.30 bits per heavy atom. The lowest BCUT2D eigenvalue weighted by Crippen LogP contribution is -2.26. The molecule has 135 heavy (non-hydrogen) atoms. The molecule has 0 saturated carbocycles. The molecule has 0 atom stereocenters. The number of benzene rings is 11. The number of H-pyrrole nitrogens is 1. The number of nitrogen functional groups attached to an aromatic ring is 1. The number of methoxy groups -OCH3 is 1. The first-order valence-electron chi connectivity index (χ1n) is 39.0. The maximum atomic E-state index is 13.3. The summed E-state index contributed by atoms with van der Waals surface area (Å²) in [5, 5.41) is 48.5. The molecule has 0 bridgehead atoms. The number of carboxylic acid groups (broad SMARTS) is 1. The molecule has 1 amide bonds. The third kappa shape index (κ3) is 24.1. The zero-order chi connectivity index (χ0) is 96.8. The lowest BCUT2D eigenvalue weighted by molar-refractivity contribution is -0.385. The van der Waals surface area contributed by atoms with Crippen LogP contribution >= 0.6 is 24.0 Å². The monoisotopic (exact) mass is 1910 g/mol. The number of aromatic carboxylic acids is 1. The number of nitrogens with zero attached hydrogens (tertiary/aromatic N) is 12. The molecule has 0 radical (unpaired) electrons. The summed E-state index contributed by atoms with van der Waals surface area (Å²) >= 11 is 6.11. The van der Waals surface area contributed by atoms with Gasteiger partial charge in [-0.1, -0.05) is 11.8 Å². The highest BCUT2D eigenvalue weighted by atomic mass is 32.2. The average Bonchev–Trinajstić information content (AvgIpc) is 1.64. The Kier molecular flexibility index (Phi) is 29.8. The van der Waals surface area contributed by atoms with Crippen LogP contribution in [0, 0.1) is 61.5 Å². The molecule has 0 fully saturated rings. The number of imidazole rings is 3. The first-order valence-corrected chi connectivity index (χ1v) is 42.5. The van der Waals surface area contributed by atoms with Gasteiger partial charge in [-0.2, -0.15) is 19.9 Å². The molecule has 20 rings (SSSR count). The molecule has 694 valence electrons. The number of aromatic amines is 1. The predicted molar refractivity (Wildman–Crippen MR) is 482 cm³/mol. The molecule has 47 heteroatoms. The number of sulfone groups is 1. The molecule has 0 spiro atoms. The number of hydrogen-bond acceptors (Lipinski definition) is 31. The number of carbonyl (C=O) groups is 3. The number of oxazole rings is 6. The van der Waals surface area contributed by atoms with E-state index >= 15 is 0 Å². The van der Waals surface area contributed by atoms with Gasteiger partial charge in [-0.3, -0.25) is 30.9 Å². The second-order valence-electron chi connectivity index (χ2n) is 28.0. The number of nitro groups is 1. The third-order valence-corrected chi connectivity index (χ3v) is 20.1. The van der Waals surface area contributed by atoms with Crippen LogP contribution in [0.3, 0.4) is 0 Å². The van der Waals surface area contributed by atoms with Crippen molar-refractivity contribution in [1.82, 2.24) is 63.9 Å². The van der Waals surface area contributed by atoms with Crippen molar-refractivity contribution >= 4 is 199 Å². The Hall–Kier alpha value is -16.8. The molecule has 0 aliphatic rings. The number of amides is 1. The van der Waals surface area contributed by atoms with Gasteiger partial charge in [0.25, 0.3) is 16.0 Å². The van der Waals surface area contributed by atoms with Crippen LogP contribution in [0.2, 0.25) is 0 Å². The van der Waals surface area contributed by atoms with E-state index in [4.69, 9.17) is 69.2 Å². The number of aryl methyl sites for hydroxylation is 3. The highest BCUT2D eigenvalue weighted by Crippen LogP contribution is 2.33. The van der Waals surface area contributed by atoms with Crippen molar-refractivity contribution in [2.45, 2.75) is 17.4 Å². The second kappa shape index (κ2) is 41.9. The zero-order valence-corrected chi connectivity index (χ0v) is 73.3. The minimum absolute atomic E-state index is 0.130. The number of carbonyl (C=O) groups excluding carboxylic acids is 2. The lowest BCUT2D eigenvalue weighted by Gasteiger charge is -2.04. The number of aromatic nitrogens is 12. The van der Waals surface area contributed by atoms with E-state index in [1.54, 1.807) is 90.9 Å². The summed E-state index contributed by atoms with van der Waals surface area (Å²) in [4.78, 5) is 81.3. The molecule has 10 N–H and O–H groups in total. The van der Waals surface area contributed by atoms with Gasteiger partial charge in [-0.15, -0.1) is 0 Å². The minimum Gasteiger partial charge on any atom is -0.506 e. The lowest BCUT2D eigenvalue weighted by atomic mass is 10.2. The van der Waals surface area contributed by atoms with E-state index in [0.29, 0.717) is 132 Å². The van der Waals surface area contributed by atoms with Gasteiger partial charge in [0.2, 0.25) is 27.7 Å². The van der Waals surface area contributed by atoms with Gasteiger partial charge in [0.1, 0.15) is 79.9 Å². The van der Waals surface area contributed by atoms with Gasteiger partial charge in [0, 0.05) is 101 Å². The number of esters is 1. The number of nitrogens with one attached hydrogen (secondary N) is 5. The van der Waals surface area contributed by atoms with E-state index < -0.39 is 78.3 Å². The fraction of sp³-hybridized carbons (Fsp3) is 0.114. The summed E-state index contributed by atoms with van der Waals surface area (Å²) in [5.41, 5.74) is 15.6. The summed E-state index contributed by atoms with van der Waals surface area (Å²) in [7, 11) is 3.53. The normalized spacial score (nSPS) is 11.0. The van der Waals surface area contributed by atoms with Gasteiger partial charge in [-0.05, 0) is 171 Å². The molecule has 20 aromatic rings. The van der Waals surface area contributed by atoms with Crippen molar-refractivity contribution in [3.8, 4) is 11.5 Å². The van der Waals surface area contributed by atoms with Gasteiger partial charge in [0.15, 0.2) is 39.2 Å². The molecular formula is C88H70F8N18O18S3. The van der Waals surface area contributed by atoms with Crippen LogP contribution in [0.4, 0.5) is 82.4 Å². The number of phenolic OH excluding ortho intramolecular Hbond substituents is 2. The van der Waals surface area contributed by atoms with Crippen molar-refractivity contribution in [1.29, 1.82) is 0 Å². The number of thioether (sulfide) groups is 1. The van der Waals surface area contributed by atoms with Gasteiger partial charge in [-0.25, -0.2) is 73.1 Å². The summed E-state index contributed by atoms with van der Waals surface area (Å²) in [5.74, 6) is -4.58. The van der Waals surface area contributed by atoms with Gasteiger partial charge < -0.3 is 81.0 Å². The number of phenols is 2. The summed E-state index contributed by atoms with van der Waals surface area (Å²) in [6.45, 7) is 2.94. The molecule has 0 aliphatic heterocycles. The highest BCUT2D eigenvalue weighted by Gasteiger charge is 2.22. The maximum absolute atomic E-state index is 13.3. The average molecular weight is 1920 g/mol. The molecule has 9 heterocycles. The van der Waals surface area contributed by atoms with E-state index in [1.807, 2.05) is 31.0 Å². The van der Waals surface area contributed by atoms with E-state index in [0.717, 1.165) is 52.6 Å². The molecule has 0 saturated heterocycles. The van der Waals surface area contributed by atoms with Crippen molar-refractivity contribution in [3.05, 3.63) is 278 Å². The van der Waals surface area contributed by atoms with Crippen LogP contribution in [0.15, 0.2) is 237 Å². The molecular weight excluding hydrogens is 1850 g/mol. The van der Waals surface area contributed by atoms with Crippen molar-refractivity contribution in [2.75, 3.05) is 61.1 Å². The van der Waals surface area contributed by atoms with Crippen LogP contribution in [0.1, 0.15) is 38.0 Å². The predicted octanol–water partition coefficient (Wildman–Crippen LogP) is 19.3. The number of carboxylic acids is 1. The summed E-state index contributed by atoms with van der Waals surface area (Å²) in [6, 6.07) is 46.2. The summed E-state index contributed by atoms with van der Waals surface area (Å²) in [6.07, 6.45) is 2.84. The highest BCUT2D eigenvalue weighted by molar-refractivity contribution is 7.98. The quantitative estimate of drug-likeness (QED) is 0.00499. The van der Waals surface area contributed by atoms with Crippen molar-refractivity contribution < 1.29 is 114 Å². The number of fused-ring (bicyclic) bond motifs is 9. The van der Waals surface area contributed by atoms with Crippen LogP contribution in [-0.4, -0.2) is 144 Å². The Bertz CT molecular complexity index is 8010. The molecule has 36 nitrogen and oxygen atoms in total. The van der Waals surface area contributed by atoms with Crippen LogP contribution < -0.4 is 27.0 Å². The number of ether oxygens (including phenoxy) is 2. The Balaban J connectivity index is 0.000000135. The molecule has 9 aromatic heterocycles. The number of aromatic hydroxyl groups is 2. The molecule has 0 unspecified atom stereocenters. The standard InChI is InChI=1S/C19H18FN5O3.C18H15FN4O3.C16H11FN4O3.C8H6FNO3S.C8H6FNOS.C7H4FNOS.C6H4FNO3.C6H6FNO/c1-25-15-6-3-11(17(26)21-7-8-27-2)9-14(15)22-18(25)24-19-23-13-5-4-12(20)10-16(13)28-19;1-3-25-16(24)10-4-7-14-13(8-10)20-17(23(14)2)22-18-21-12-6-5-11(19)9-15(12)26-18;1-21-12-5-2-8(14(22)23)6-11(12)18-15(21)20-16-19-10-4-3-9(17)7-13(10)24-16;1-14(11,12)8-10-6-3-2-5(9)4-7(6)13-8;1-12-8-10-6-3-2-5(9)4-7(6)11-8;8-4-1-2-5-6(3-4)10-7(11)9-5;7-4-1-2-5(8(10)11)6(9)3-4;7-4-1-2-5(8)6(9)3-4/h3-6,9-10H,7-8H2,1-2H3,(H,21,26)(H,22,23,24);4-9H,3H2,1-2H3,(H,20,21,22);2-7H,1H3,(H,22,23)(H,18,19,20);2-4H,1H3;2-4H,1H3;1-3H,(H,9,11);1-3,9H;1-3,9H,8H2. The zero-order valence-electron chi connectivity index (χ0n) is 70.8. The molecule has 0 aliphatic carbocycles. The van der Waals surface area contributed by atoms with Crippen LogP contribution in [-0.2, 0) is 40.5 Å². The number of nitrogens with two attached hydrogens (primary N) is 1. The van der Waals surface area contributed by atoms with Crippen LogP contribution in [0.25, 0.3) is 99.7 Å². The first kappa shape index (κ1) is 95.8. The van der Waals surface area contributed by atoms with E-state index in [2.05, 4.69) is 66.1 Å². The number of nitro benzene ring substituents is 1. The van der Waals surface area contributed by atoms with E-state index in [1.165, 1.54) is 115 Å². The Labute approximate surface area is 762 Å². The van der Waals surface area contributed by atoms with Gasteiger partial charge >= 0.3 is 40.9 Å². The SMILES string of the molecule is CCOC(=O)c1ccc2c(c1)nc(Nc1nc3ccc(F)cc3o1)n2C.COCCNC(=O)c1ccc2c(c1)nc(Nc1nc3ccc(F)cc3o1)n2C.CS(=O)(=O)c1nc2ccc(F)cc2o1.CSc1nc2ccc(F)cc2o1.Cn1c(Nc2nc3ccc(F)cc3o2)nc2cc(C(=O)O)ccc21.Fc1ccc2[nH]c(=S)oc2c1.Nc1ccc(F)cc1O.O=[N+]([O-])c1ccc(F)cc1O. The number of anilines is 7. The molecule has 11 aromatic carbocycles. The Morgan fingerprint density at radius 2 is 0.881 bits per heavy atom.